The molecule has 0 radical (unpaired) electrons. The molecule has 2 rings (SSSR count). The molecule has 1 aliphatic heterocycles. The first-order chi connectivity index (χ1) is 10.9. The molecule has 1 saturated heterocycles. The zero-order chi connectivity index (χ0) is 16.9. The Hall–Kier alpha value is -1.80. The Morgan fingerprint density at radius 3 is 2.78 bits per heavy atom. The van der Waals surface area contributed by atoms with E-state index < -0.39 is 24.3 Å². The van der Waals surface area contributed by atoms with Crippen LogP contribution in [-0.4, -0.2) is 48.8 Å². The summed E-state index contributed by atoms with van der Waals surface area (Å²) in [5, 5.41) is 11.9. The third kappa shape index (κ3) is 5.40. The number of alkyl halides is 3. The lowest BCUT2D eigenvalue weighted by atomic mass is 10.1. The number of carbonyl (C=O) groups is 1. The zero-order valence-electron chi connectivity index (χ0n) is 12.5. The number of ether oxygens (including phenoxy) is 1. The molecule has 1 aromatic rings. The molecule has 5 nitrogen and oxygen atoms in total. The van der Waals surface area contributed by atoms with Gasteiger partial charge in [-0.15, -0.1) is 0 Å². The van der Waals surface area contributed by atoms with Gasteiger partial charge < -0.3 is 15.2 Å². The lowest BCUT2D eigenvalue weighted by Gasteiger charge is -2.22. The predicted octanol–water partition coefficient (Wildman–Crippen LogP) is 1.96. The molecule has 2 N–H and O–H groups in total. The Morgan fingerprint density at radius 1 is 1.30 bits per heavy atom. The van der Waals surface area contributed by atoms with Gasteiger partial charge in [-0.1, -0.05) is 0 Å². The van der Waals surface area contributed by atoms with E-state index in [1.807, 2.05) is 4.90 Å². The molecule has 0 spiro atoms. The standard InChI is InChI=1S/C15H19F3N2O3/c16-15(17,18)12-2-3-13(23-10-14(21)22)11(8-12)9-20-6-1-4-19-5-7-20/h2-3,8,19H,1,4-7,9-10H2,(H,21,22). The van der Waals surface area contributed by atoms with Gasteiger partial charge in [-0.2, -0.15) is 13.2 Å². The minimum atomic E-state index is -4.44. The first-order valence-electron chi connectivity index (χ1n) is 7.34. The van der Waals surface area contributed by atoms with Gasteiger partial charge in [-0.3, -0.25) is 4.90 Å². The van der Waals surface area contributed by atoms with E-state index >= 15 is 0 Å². The molecule has 0 aliphatic carbocycles. The van der Waals surface area contributed by atoms with E-state index in [2.05, 4.69) is 5.32 Å². The molecule has 0 atom stereocenters. The highest BCUT2D eigenvalue weighted by molar-refractivity contribution is 5.68. The summed E-state index contributed by atoms with van der Waals surface area (Å²) in [6, 6.07) is 3.14. The summed E-state index contributed by atoms with van der Waals surface area (Å²) in [7, 11) is 0. The van der Waals surface area contributed by atoms with Crippen molar-refractivity contribution in [3.63, 3.8) is 0 Å². The number of hydrogen-bond donors (Lipinski definition) is 2. The average Bonchev–Trinajstić information content (AvgIpc) is 2.73. The van der Waals surface area contributed by atoms with Gasteiger partial charge in [0, 0.05) is 25.2 Å². The molecule has 1 aromatic carbocycles. The minimum absolute atomic E-state index is 0.178. The van der Waals surface area contributed by atoms with Crippen LogP contribution in [0.2, 0.25) is 0 Å². The summed E-state index contributed by atoms with van der Waals surface area (Å²) < 4.78 is 43.8. The Balaban J connectivity index is 2.21. The van der Waals surface area contributed by atoms with E-state index in [9.17, 15) is 18.0 Å². The van der Waals surface area contributed by atoms with Crippen LogP contribution in [0.5, 0.6) is 5.75 Å². The molecule has 128 valence electrons. The first-order valence-corrected chi connectivity index (χ1v) is 7.34. The number of carboxylic acids is 1. The molecular formula is C15H19F3N2O3. The van der Waals surface area contributed by atoms with E-state index in [-0.39, 0.29) is 5.75 Å². The van der Waals surface area contributed by atoms with Crippen LogP contribution in [0.25, 0.3) is 0 Å². The Morgan fingerprint density at radius 2 is 2.09 bits per heavy atom. The van der Waals surface area contributed by atoms with E-state index in [0.717, 1.165) is 38.2 Å². The molecule has 23 heavy (non-hydrogen) atoms. The van der Waals surface area contributed by atoms with Crippen LogP contribution in [0.4, 0.5) is 13.2 Å². The fourth-order valence-electron chi connectivity index (χ4n) is 2.46. The summed E-state index contributed by atoms with van der Waals surface area (Å²) in [6.45, 7) is 2.84. The van der Waals surface area contributed by atoms with Crippen LogP contribution in [-0.2, 0) is 17.5 Å². The first kappa shape index (κ1) is 17.6. The number of benzene rings is 1. The number of hydrogen-bond acceptors (Lipinski definition) is 4. The minimum Gasteiger partial charge on any atom is -0.482 e. The molecule has 0 bridgehead atoms. The number of nitrogens with one attached hydrogen (secondary N) is 1. The molecule has 0 unspecified atom stereocenters. The van der Waals surface area contributed by atoms with Crippen LogP contribution in [0.15, 0.2) is 18.2 Å². The van der Waals surface area contributed by atoms with E-state index in [4.69, 9.17) is 9.84 Å². The fraction of sp³-hybridized carbons (Fsp3) is 0.533. The predicted molar refractivity (Wildman–Crippen MR) is 77.3 cm³/mol. The van der Waals surface area contributed by atoms with Crippen LogP contribution >= 0.6 is 0 Å². The molecule has 0 saturated carbocycles. The van der Waals surface area contributed by atoms with Crippen molar-refractivity contribution in [1.82, 2.24) is 10.2 Å². The second kappa shape index (κ2) is 7.65. The van der Waals surface area contributed by atoms with Gasteiger partial charge in [0.05, 0.1) is 5.56 Å². The number of aliphatic carboxylic acids is 1. The maximum Gasteiger partial charge on any atom is 0.416 e. The Bertz CT molecular complexity index is 541. The van der Waals surface area contributed by atoms with Gasteiger partial charge in [0.25, 0.3) is 0 Å². The zero-order valence-corrected chi connectivity index (χ0v) is 12.5. The smallest absolute Gasteiger partial charge is 0.416 e. The van der Waals surface area contributed by atoms with Gasteiger partial charge in [-0.05, 0) is 37.7 Å². The number of nitrogens with zero attached hydrogens (tertiary/aromatic N) is 1. The quantitative estimate of drug-likeness (QED) is 0.863. The van der Waals surface area contributed by atoms with Crippen molar-refractivity contribution in [3.05, 3.63) is 29.3 Å². The second-order valence-corrected chi connectivity index (χ2v) is 5.38. The monoisotopic (exact) mass is 332 g/mol. The molecular weight excluding hydrogens is 313 g/mol. The third-order valence-electron chi connectivity index (χ3n) is 3.57. The largest absolute Gasteiger partial charge is 0.482 e. The van der Waals surface area contributed by atoms with E-state index in [1.165, 1.54) is 6.07 Å². The summed E-state index contributed by atoms with van der Waals surface area (Å²) in [4.78, 5) is 12.7. The van der Waals surface area contributed by atoms with Crippen molar-refractivity contribution in [3.8, 4) is 5.75 Å². The molecule has 8 heteroatoms. The van der Waals surface area contributed by atoms with Gasteiger partial charge in [0.2, 0.25) is 0 Å². The Labute approximate surface area is 132 Å². The fourth-order valence-corrected chi connectivity index (χ4v) is 2.46. The topological polar surface area (TPSA) is 61.8 Å². The van der Waals surface area contributed by atoms with Crippen molar-refractivity contribution in [1.29, 1.82) is 0 Å². The summed E-state index contributed by atoms with van der Waals surface area (Å²) in [5.74, 6) is -0.993. The maximum absolute atomic E-state index is 12.9. The van der Waals surface area contributed by atoms with Crippen molar-refractivity contribution in [2.45, 2.75) is 19.1 Å². The number of rotatable bonds is 5. The van der Waals surface area contributed by atoms with Crippen molar-refractivity contribution in [2.75, 3.05) is 32.8 Å². The highest BCUT2D eigenvalue weighted by atomic mass is 19.4. The van der Waals surface area contributed by atoms with Gasteiger partial charge in [-0.25, -0.2) is 4.79 Å². The van der Waals surface area contributed by atoms with Gasteiger partial charge >= 0.3 is 12.1 Å². The summed E-state index contributed by atoms with van der Waals surface area (Å²) in [6.07, 6.45) is -3.54. The highest BCUT2D eigenvalue weighted by Gasteiger charge is 2.31. The maximum atomic E-state index is 12.9. The molecule has 1 fully saturated rings. The third-order valence-corrected chi connectivity index (χ3v) is 3.57. The Kier molecular flexibility index (Phi) is 5.84. The number of carboxylic acid groups (broad SMARTS) is 1. The lowest BCUT2D eigenvalue weighted by molar-refractivity contribution is -0.140. The lowest BCUT2D eigenvalue weighted by Crippen LogP contribution is -2.28. The summed E-state index contributed by atoms with van der Waals surface area (Å²) in [5.41, 5.74) is -0.411. The van der Waals surface area contributed by atoms with E-state index in [1.54, 1.807) is 0 Å². The summed E-state index contributed by atoms with van der Waals surface area (Å²) >= 11 is 0. The van der Waals surface area contributed by atoms with Crippen LogP contribution in [0, 0.1) is 0 Å². The highest BCUT2D eigenvalue weighted by Crippen LogP contribution is 2.33. The van der Waals surface area contributed by atoms with Gasteiger partial charge in [0.15, 0.2) is 6.61 Å². The van der Waals surface area contributed by atoms with Gasteiger partial charge in [0.1, 0.15) is 5.75 Å². The number of halogens is 3. The van der Waals surface area contributed by atoms with Crippen molar-refractivity contribution in [2.24, 2.45) is 0 Å². The molecule has 1 heterocycles. The van der Waals surface area contributed by atoms with Crippen LogP contribution in [0.1, 0.15) is 17.5 Å². The SMILES string of the molecule is O=C(O)COc1ccc(C(F)(F)F)cc1CN1CCCNCC1. The molecule has 0 amide bonds. The molecule has 0 aromatic heterocycles. The van der Waals surface area contributed by atoms with Crippen LogP contribution in [0.3, 0.4) is 0 Å². The van der Waals surface area contributed by atoms with Crippen LogP contribution < -0.4 is 10.1 Å². The normalized spacial score (nSPS) is 16.8. The van der Waals surface area contributed by atoms with Crippen molar-refractivity contribution < 1.29 is 27.8 Å². The van der Waals surface area contributed by atoms with Crippen molar-refractivity contribution >= 4 is 5.97 Å². The van der Waals surface area contributed by atoms with E-state index in [0.29, 0.717) is 18.7 Å². The second-order valence-electron chi connectivity index (χ2n) is 5.38. The average molecular weight is 332 g/mol. The molecule has 1 aliphatic rings.